The molecule has 1 aliphatic heterocycles. The maximum absolute atomic E-state index is 13.9. The first-order chi connectivity index (χ1) is 8.77. The van der Waals surface area contributed by atoms with Crippen LogP contribution in [0.5, 0.6) is 0 Å². The number of halogens is 1. The molecule has 1 aliphatic rings. The van der Waals surface area contributed by atoms with E-state index < -0.39 is 6.10 Å². The largest absolute Gasteiger partial charge is 0.388 e. The first-order valence-corrected chi connectivity index (χ1v) is 6.41. The van der Waals surface area contributed by atoms with Crippen LogP contribution in [-0.2, 0) is 0 Å². The average Bonchev–Trinajstić information content (AvgIpc) is 2.84. The van der Waals surface area contributed by atoms with E-state index in [0.717, 1.165) is 31.4 Å². The Morgan fingerprint density at radius 1 is 1.28 bits per heavy atom. The molecule has 1 aromatic heterocycles. The van der Waals surface area contributed by atoms with Crippen LogP contribution in [0.2, 0.25) is 0 Å². The summed E-state index contributed by atoms with van der Waals surface area (Å²) in [6.07, 6.45) is 3.02. The SMILES string of the molecule is OC(c1c[nH]c2cccc(F)c12)C1CCNCC1. The van der Waals surface area contributed by atoms with Gasteiger partial charge in [-0.25, -0.2) is 4.39 Å². The van der Waals surface area contributed by atoms with Crippen molar-refractivity contribution >= 4 is 10.9 Å². The summed E-state index contributed by atoms with van der Waals surface area (Å²) >= 11 is 0. The Hall–Kier alpha value is -1.39. The van der Waals surface area contributed by atoms with Crippen molar-refractivity contribution in [3.63, 3.8) is 0 Å². The molecular weight excluding hydrogens is 231 g/mol. The second-order valence-electron chi connectivity index (χ2n) is 4.94. The maximum Gasteiger partial charge on any atom is 0.132 e. The summed E-state index contributed by atoms with van der Waals surface area (Å²) in [4.78, 5) is 3.03. The van der Waals surface area contributed by atoms with Crippen LogP contribution in [0.1, 0.15) is 24.5 Å². The smallest absolute Gasteiger partial charge is 0.132 e. The predicted octanol–water partition coefficient (Wildman–Crippen LogP) is 2.34. The van der Waals surface area contributed by atoms with Crippen molar-refractivity contribution in [2.75, 3.05) is 13.1 Å². The normalized spacial score (nSPS) is 19.2. The Kier molecular flexibility index (Phi) is 3.06. The molecule has 3 rings (SSSR count). The molecule has 1 atom stereocenters. The molecule has 3 nitrogen and oxygen atoms in total. The lowest BCUT2D eigenvalue weighted by Gasteiger charge is -2.27. The zero-order valence-corrected chi connectivity index (χ0v) is 10.1. The van der Waals surface area contributed by atoms with E-state index >= 15 is 0 Å². The van der Waals surface area contributed by atoms with Crippen molar-refractivity contribution in [1.29, 1.82) is 0 Å². The van der Waals surface area contributed by atoms with Gasteiger partial charge in [-0.3, -0.25) is 0 Å². The van der Waals surface area contributed by atoms with Crippen LogP contribution in [0, 0.1) is 11.7 Å². The van der Waals surface area contributed by atoms with Crippen molar-refractivity contribution < 1.29 is 9.50 Å². The van der Waals surface area contributed by atoms with E-state index in [9.17, 15) is 9.50 Å². The number of aromatic nitrogens is 1. The van der Waals surface area contributed by atoms with Gasteiger partial charge < -0.3 is 15.4 Å². The highest BCUT2D eigenvalue weighted by Crippen LogP contribution is 2.34. The third kappa shape index (κ3) is 1.91. The van der Waals surface area contributed by atoms with E-state index in [-0.39, 0.29) is 11.7 Å². The second-order valence-corrected chi connectivity index (χ2v) is 4.94. The summed E-state index contributed by atoms with van der Waals surface area (Å²) in [6, 6.07) is 4.95. The number of rotatable bonds is 2. The number of fused-ring (bicyclic) bond motifs is 1. The second kappa shape index (κ2) is 4.71. The van der Waals surface area contributed by atoms with Crippen LogP contribution >= 0.6 is 0 Å². The molecule has 4 heteroatoms. The predicted molar refractivity (Wildman–Crippen MR) is 68.8 cm³/mol. The molecule has 2 aromatic rings. The molecule has 1 saturated heterocycles. The fourth-order valence-electron chi connectivity index (χ4n) is 2.81. The standard InChI is InChI=1S/C14H17FN2O/c15-11-2-1-3-12-13(11)10(8-17-12)14(18)9-4-6-16-7-5-9/h1-3,8-9,14,16-18H,4-7H2. The topological polar surface area (TPSA) is 48.0 Å². The zero-order valence-electron chi connectivity index (χ0n) is 10.1. The number of aliphatic hydroxyl groups is 1. The van der Waals surface area contributed by atoms with Gasteiger partial charge in [0.1, 0.15) is 5.82 Å². The first-order valence-electron chi connectivity index (χ1n) is 6.41. The van der Waals surface area contributed by atoms with Crippen molar-refractivity contribution in [3.05, 3.63) is 35.8 Å². The maximum atomic E-state index is 13.9. The summed E-state index contributed by atoms with van der Waals surface area (Å²) < 4.78 is 13.9. The summed E-state index contributed by atoms with van der Waals surface area (Å²) in [7, 11) is 0. The lowest BCUT2D eigenvalue weighted by molar-refractivity contribution is 0.0900. The van der Waals surface area contributed by atoms with E-state index in [1.54, 1.807) is 12.3 Å². The molecule has 2 heterocycles. The van der Waals surface area contributed by atoms with Gasteiger partial charge in [-0.2, -0.15) is 0 Å². The number of H-pyrrole nitrogens is 1. The Labute approximate surface area is 105 Å². The summed E-state index contributed by atoms with van der Waals surface area (Å²) in [5.41, 5.74) is 1.44. The molecule has 1 fully saturated rings. The van der Waals surface area contributed by atoms with E-state index in [4.69, 9.17) is 0 Å². The average molecular weight is 248 g/mol. The Morgan fingerprint density at radius 3 is 2.83 bits per heavy atom. The van der Waals surface area contributed by atoms with Crippen LogP contribution in [0.3, 0.4) is 0 Å². The van der Waals surface area contributed by atoms with Crippen molar-refractivity contribution in [1.82, 2.24) is 10.3 Å². The minimum Gasteiger partial charge on any atom is -0.388 e. The van der Waals surface area contributed by atoms with Gasteiger partial charge in [0.05, 0.1) is 6.10 Å². The molecule has 3 N–H and O–H groups in total. The third-order valence-electron chi connectivity index (χ3n) is 3.83. The van der Waals surface area contributed by atoms with E-state index in [0.29, 0.717) is 10.9 Å². The van der Waals surface area contributed by atoms with Crippen molar-refractivity contribution in [2.24, 2.45) is 5.92 Å². The monoisotopic (exact) mass is 248 g/mol. The quantitative estimate of drug-likeness (QED) is 0.764. The van der Waals surface area contributed by atoms with Gasteiger partial charge in [0.2, 0.25) is 0 Å². The van der Waals surface area contributed by atoms with Crippen LogP contribution in [0.4, 0.5) is 4.39 Å². The van der Waals surface area contributed by atoms with E-state index in [1.165, 1.54) is 6.07 Å². The summed E-state index contributed by atoms with van der Waals surface area (Å²) in [6.45, 7) is 1.85. The molecule has 1 aromatic carbocycles. The number of nitrogens with one attached hydrogen (secondary N) is 2. The highest BCUT2D eigenvalue weighted by Gasteiger charge is 2.25. The summed E-state index contributed by atoms with van der Waals surface area (Å²) in [5.74, 6) is -0.0541. The van der Waals surface area contributed by atoms with Gasteiger partial charge in [-0.05, 0) is 44.0 Å². The molecule has 18 heavy (non-hydrogen) atoms. The van der Waals surface area contributed by atoms with Gasteiger partial charge in [-0.1, -0.05) is 6.07 Å². The van der Waals surface area contributed by atoms with Crippen LogP contribution in [-0.4, -0.2) is 23.2 Å². The zero-order chi connectivity index (χ0) is 12.5. The molecule has 0 amide bonds. The number of aromatic amines is 1. The third-order valence-corrected chi connectivity index (χ3v) is 3.83. The fraction of sp³-hybridized carbons (Fsp3) is 0.429. The molecule has 0 radical (unpaired) electrons. The minimum atomic E-state index is -0.585. The summed E-state index contributed by atoms with van der Waals surface area (Å²) in [5, 5.41) is 14.2. The van der Waals surface area contributed by atoms with Crippen LogP contribution < -0.4 is 5.32 Å². The first kappa shape index (κ1) is 11.7. The van der Waals surface area contributed by atoms with Gasteiger partial charge in [0.25, 0.3) is 0 Å². The number of hydrogen-bond donors (Lipinski definition) is 3. The Balaban J connectivity index is 1.98. The lowest BCUT2D eigenvalue weighted by atomic mass is 9.88. The number of aliphatic hydroxyl groups excluding tert-OH is 1. The van der Waals surface area contributed by atoms with Crippen LogP contribution in [0.15, 0.2) is 24.4 Å². The van der Waals surface area contributed by atoms with Crippen LogP contribution in [0.25, 0.3) is 10.9 Å². The van der Waals surface area contributed by atoms with E-state index in [2.05, 4.69) is 10.3 Å². The Bertz CT molecular complexity index is 546. The molecular formula is C14H17FN2O. The number of hydrogen-bond acceptors (Lipinski definition) is 2. The fourth-order valence-corrected chi connectivity index (χ4v) is 2.81. The van der Waals surface area contributed by atoms with Crippen molar-refractivity contribution in [2.45, 2.75) is 18.9 Å². The van der Waals surface area contributed by atoms with Gasteiger partial charge in [-0.15, -0.1) is 0 Å². The van der Waals surface area contributed by atoms with Gasteiger partial charge >= 0.3 is 0 Å². The molecule has 0 saturated carbocycles. The highest BCUT2D eigenvalue weighted by molar-refractivity contribution is 5.84. The molecule has 96 valence electrons. The van der Waals surface area contributed by atoms with Gasteiger partial charge in [0, 0.05) is 22.7 Å². The minimum absolute atomic E-state index is 0.213. The molecule has 1 unspecified atom stereocenters. The highest BCUT2D eigenvalue weighted by atomic mass is 19.1. The molecule has 0 bridgehead atoms. The number of benzene rings is 1. The Morgan fingerprint density at radius 2 is 2.06 bits per heavy atom. The van der Waals surface area contributed by atoms with E-state index in [1.807, 2.05) is 6.07 Å². The molecule has 0 aliphatic carbocycles. The molecule has 0 spiro atoms. The number of piperidine rings is 1. The van der Waals surface area contributed by atoms with Crippen molar-refractivity contribution in [3.8, 4) is 0 Å². The lowest BCUT2D eigenvalue weighted by Crippen LogP contribution is -2.30. The van der Waals surface area contributed by atoms with Gasteiger partial charge in [0.15, 0.2) is 0 Å².